The zero-order valence-corrected chi connectivity index (χ0v) is 13.1. The van der Waals surface area contributed by atoms with E-state index in [1.165, 1.54) is 14.2 Å². The Hall–Kier alpha value is -1.79. The van der Waals surface area contributed by atoms with Crippen molar-refractivity contribution in [1.29, 1.82) is 0 Å². The van der Waals surface area contributed by atoms with Crippen LogP contribution in [0.2, 0.25) is 0 Å². The Morgan fingerprint density at radius 3 is 2.05 bits per heavy atom. The van der Waals surface area contributed by atoms with Gasteiger partial charge in [0.25, 0.3) is 0 Å². The van der Waals surface area contributed by atoms with Crippen LogP contribution in [0.25, 0.3) is 0 Å². The molecule has 1 amide bonds. The number of methoxy groups -OCH3 is 2. The first-order valence-corrected chi connectivity index (χ1v) is 6.81. The minimum Gasteiger partial charge on any atom is -0.468 e. The summed E-state index contributed by atoms with van der Waals surface area (Å²) >= 11 is 0. The predicted molar refractivity (Wildman–Crippen MR) is 73.5 cm³/mol. The lowest BCUT2D eigenvalue weighted by Gasteiger charge is -2.24. The van der Waals surface area contributed by atoms with Crippen LogP contribution in [0, 0.1) is 5.41 Å². The van der Waals surface area contributed by atoms with Crippen LogP contribution in [0.1, 0.15) is 40.0 Å². The van der Waals surface area contributed by atoms with Crippen LogP contribution in [0.15, 0.2) is 0 Å². The Balaban J connectivity index is 2.74. The molecule has 1 unspecified atom stereocenters. The third-order valence-corrected chi connectivity index (χ3v) is 3.39. The van der Waals surface area contributed by atoms with E-state index in [1.54, 1.807) is 20.8 Å². The fraction of sp³-hybridized carbons (Fsp3) is 0.786. The molecule has 120 valence electrons. The van der Waals surface area contributed by atoms with Crippen molar-refractivity contribution in [2.24, 2.45) is 5.41 Å². The number of carbonyl (C=O) groups is 3. The lowest BCUT2D eigenvalue weighted by atomic mass is 9.86. The molecule has 0 aliphatic heterocycles. The average molecular weight is 301 g/mol. The second kappa shape index (κ2) is 6.32. The van der Waals surface area contributed by atoms with E-state index in [-0.39, 0.29) is 18.9 Å². The SMILES string of the molecule is COC(=O)C1(C(=O)OC)CCC(NC(=O)OC(C)(C)C)C1. The zero-order valence-electron chi connectivity index (χ0n) is 13.1. The van der Waals surface area contributed by atoms with E-state index in [0.29, 0.717) is 6.42 Å². The first-order valence-electron chi connectivity index (χ1n) is 6.81. The molecule has 7 heteroatoms. The van der Waals surface area contributed by atoms with Crippen molar-refractivity contribution in [2.75, 3.05) is 14.2 Å². The van der Waals surface area contributed by atoms with Crippen molar-refractivity contribution in [3.63, 3.8) is 0 Å². The highest BCUT2D eigenvalue weighted by molar-refractivity contribution is 6.00. The van der Waals surface area contributed by atoms with Crippen LogP contribution in [0.5, 0.6) is 0 Å². The molecule has 21 heavy (non-hydrogen) atoms. The van der Waals surface area contributed by atoms with Crippen molar-refractivity contribution >= 4 is 18.0 Å². The van der Waals surface area contributed by atoms with Gasteiger partial charge in [0.05, 0.1) is 14.2 Å². The van der Waals surface area contributed by atoms with Gasteiger partial charge < -0.3 is 19.5 Å². The van der Waals surface area contributed by atoms with Gasteiger partial charge >= 0.3 is 18.0 Å². The molecule has 1 atom stereocenters. The van der Waals surface area contributed by atoms with E-state index in [4.69, 9.17) is 14.2 Å². The largest absolute Gasteiger partial charge is 0.468 e. The Kier molecular flexibility index (Phi) is 5.20. The number of rotatable bonds is 3. The molecule has 1 saturated carbocycles. The van der Waals surface area contributed by atoms with Gasteiger partial charge in [-0.05, 0) is 40.0 Å². The monoisotopic (exact) mass is 301 g/mol. The van der Waals surface area contributed by atoms with Gasteiger partial charge in [0, 0.05) is 6.04 Å². The summed E-state index contributed by atoms with van der Waals surface area (Å²) < 4.78 is 14.6. The molecule has 0 saturated heterocycles. The normalized spacial score (nSPS) is 20.5. The summed E-state index contributed by atoms with van der Waals surface area (Å²) in [7, 11) is 2.45. The number of esters is 2. The van der Waals surface area contributed by atoms with Crippen LogP contribution in [0.4, 0.5) is 4.79 Å². The average Bonchev–Trinajstić information content (AvgIpc) is 2.79. The molecule has 7 nitrogen and oxygen atoms in total. The molecular weight excluding hydrogens is 278 g/mol. The maximum Gasteiger partial charge on any atom is 0.407 e. The van der Waals surface area contributed by atoms with E-state index in [1.807, 2.05) is 0 Å². The summed E-state index contributed by atoms with van der Waals surface area (Å²) in [6.45, 7) is 5.28. The fourth-order valence-electron chi connectivity index (χ4n) is 2.49. The molecular formula is C14H23NO6. The van der Waals surface area contributed by atoms with Gasteiger partial charge in [-0.25, -0.2) is 4.79 Å². The summed E-state index contributed by atoms with van der Waals surface area (Å²) in [5.74, 6) is -1.27. The molecule has 0 aromatic heterocycles. The van der Waals surface area contributed by atoms with Crippen LogP contribution < -0.4 is 5.32 Å². The van der Waals surface area contributed by atoms with E-state index in [0.717, 1.165) is 0 Å². The molecule has 1 aliphatic rings. The highest BCUT2D eigenvalue weighted by Gasteiger charge is 2.54. The van der Waals surface area contributed by atoms with Crippen LogP contribution in [0.3, 0.4) is 0 Å². The van der Waals surface area contributed by atoms with Crippen LogP contribution >= 0.6 is 0 Å². The number of carbonyl (C=O) groups excluding carboxylic acids is 3. The molecule has 1 aliphatic carbocycles. The Bertz CT molecular complexity index is 410. The van der Waals surface area contributed by atoms with E-state index in [9.17, 15) is 14.4 Å². The number of hydrogen-bond donors (Lipinski definition) is 1. The number of hydrogen-bond acceptors (Lipinski definition) is 6. The highest BCUT2D eigenvalue weighted by atomic mass is 16.6. The molecule has 1 fully saturated rings. The zero-order chi connectivity index (χ0) is 16.3. The van der Waals surface area contributed by atoms with Crippen molar-refractivity contribution in [1.82, 2.24) is 5.32 Å². The summed E-state index contributed by atoms with van der Waals surface area (Å²) in [5, 5.41) is 2.67. The van der Waals surface area contributed by atoms with Crippen LogP contribution in [-0.2, 0) is 23.8 Å². The summed E-state index contributed by atoms with van der Waals surface area (Å²) in [6, 6.07) is -0.335. The van der Waals surface area contributed by atoms with E-state index < -0.39 is 29.0 Å². The number of alkyl carbamates (subject to hydrolysis) is 1. The Morgan fingerprint density at radius 2 is 1.62 bits per heavy atom. The van der Waals surface area contributed by atoms with Crippen molar-refractivity contribution in [2.45, 2.75) is 51.7 Å². The minimum atomic E-state index is -1.34. The molecule has 0 radical (unpaired) electrons. The Morgan fingerprint density at radius 1 is 1.10 bits per heavy atom. The molecule has 0 aromatic rings. The van der Waals surface area contributed by atoms with Gasteiger partial charge in [-0.2, -0.15) is 0 Å². The summed E-state index contributed by atoms with van der Waals surface area (Å²) in [6.07, 6.45) is 0.319. The smallest absolute Gasteiger partial charge is 0.407 e. The first kappa shape index (κ1) is 17.3. The molecule has 1 rings (SSSR count). The topological polar surface area (TPSA) is 90.9 Å². The number of nitrogens with one attached hydrogen (secondary N) is 1. The van der Waals surface area contributed by atoms with Gasteiger partial charge in [0.2, 0.25) is 0 Å². The van der Waals surface area contributed by atoms with Crippen molar-refractivity contribution < 1.29 is 28.6 Å². The summed E-state index contributed by atoms with van der Waals surface area (Å²) in [4.78, 5) is 35.6. The first-order chi connectivity index (χ1) is 9.64. The van der Waals surface area contributed by atoms with Gasteiger partial charge in [-0.1, -0.05) is 0 Å². The molecule has 0 spiro atoms. The standard InChI is InChI=1S/C14H23NO6/c1-13(2,3)21-12(18)15-9-6-7-14(8-9,10(16)19-4)11(17)20-5/h9H,6-8H2,1-5H3,(H,15,18). The third kappa shape index (κ3) is 4.09. The highest BCUT2D eigenvalue weighted by Crippen LogP contribution is 2.40. The quantitative estimate of drug-likeness (QED) is 0.481. The number of amides is 1. The fourth-order valence-corrected chi connectivity index (χ4v) is 2.49. The molecule has 0 bridgehead atoms. The second-order valence-electron chi connectivity index (χ2n) is 6.15. The maximum atomic E-state index is 11.9. The van der Waals surface area contributed by atoms with Gasteiger partial charge in [-0.3, -0.25) is 9.59 Å². The number of ether oxygens (including phenoxy) is 3. The van der Waals surface area contributed by atoms with Gasteiger partial charge in [0.15, 0.2) is 5.41 Å². The van der Waals surface area contributed by atoms with Crippen molar-refractivity contribution in [3.8, 4) is 0 Å². The Labute approximate surface area is 124 Å². The minimum absolute atomic E-state index is 0.144. The molecule has 0 heterocycles. The molecule has 0 aromatic carbocycles. The van der Waals surface area contributed by atoms with Crippen molar-refractivity contribution in [3.05, 3.63) is 0 Å². The predicted octanol–water partition coefficient (Wildman–Crippen LogP) is 1.40. The summed E-state index contributed by atoms with van der Waals surface area (Å²) in [5.41, 5.74) is -1.95. The van der Waals surface area contributed by atoms with E-state index in [2.05, 4.69) is 5.32 Å². The van der Waals surface area contributed by atoms with Gasteiger partial charge in [-0.15, -0.1) is 0 Å². The maximum absolute atomic E-state index is 11.9. The molecule has 1 N–H and O–H groups in total. The lowest BCUT2D eigenvalue weighted by Crippen LogP contribution is -2.42. The third-order valence-electron chi connectivity index (χ3n) is 3.39. The second-order valence-corrected chi connectivity index (χ2v) is 6.15. The lowest BCUT2D eigenvalue weighted by molar-refractivity contribution is -0.168. The van der Waals surface area contributed by atoms with Gasteiger partial charge in [0.1, 0.15) is 5.60 Å². The van der Waals surface area contributed by atoms with E-state index >= 15 is 0 Å². The van der Waals surface area contributed by atoms with Crippen LogP contribution in [-0.4, -0.2) is 43.9 Å².